The van der Waals surface area contributed by atoms with Crippen molar-refractivity contribution >= 4 is 49.4 Å². The average molecular weight is 738 g/mol. The highest BCUT2D eigenvalue weighted by Gasteiger charge is 2.51. The van der Waals surface area contributed by atoms with Crippen LogP contribution in [0.5, 0.6) is 0 Å². The third kappa shape index (κ3) is 4.47. The van der Waals surface area contributed by atoms with Gasteiger partial charge in [0.2, 0.25) is 0 Å². The van der Waals surface area contributed by atoms with Crippen LogP contribution in [0, 0.1) is 13.8 Å². The Morgan fingerprint density at radius 1 is 0.276 bits per heavy atom. The van der Waals surface area contributed by atoms with Gasteiger partial charge in [-0.25, -0.2) is 0 Å². The number of hydrogen-bond acceptors (Lipinski definition) is 1. The van der Waals surface area contributed by atoms with Gasteiger partial charge in [-0.05, 0) is 149 Å². The van der Waals surface area contributed by atoms with Crippen LogP contribution in [0.25, 0.3) is 65.7 Å². The van der Waals surface area contributed by atoms with E-state index in [9.17, 15) is 0 Å². The third-order valence-corrected chi connectivity index (χ3v) is 13.1. The highest BCUT2D eigenvalue weighted by molar-refractivity contribution is 6.25. The standard InChI is InChI=1S/C57H39N/c1-36-15-3-4-16-41(36)42-30-27-38(33-37(42)2)58(39-28-31-47-45-19-6-5-17-43(45)44-18-7-8-20-46(44)52(47)34-39)40-29-32-51-50-23-11-14-26-55(50)57(56(51)35-40)53-24-12-9-21-48(53)49-22-10-13-25-54(49)57/h3-35H,1-2H3. The lowest BCUT2D eigenvalue weighted by molar-refractivity contribution is 0.793. The molecule has 272 valence electrons. The first-order chi connectivity index (χ1) is 28.6. The SMILES string of the molecule is Cc1ccccc1-c1ccc(N(c2ccc3c(c2)C2(c4ccccc4-c4ccccc42)c2ccccc2-3)c2ccc3c4ccccc4c4ccccc4c3c2)cc1C. The minimum Gasteiger partial charge on any atom is -0.310 e. The fourth-order valence-corrected chi connectivity index (χ4v) is 10.7. The lowest BCUT2D eigenvalue weighted by Crippen LogP contribution is -2.26. The molecule has 1 spiro atoms. The fourth-order valence-electron chi connectivity index (χ4n) is 10.7. The van der Waals surface area contributed by atoms with Gasteiger partial charge in [0.1, 0.15) is 0 Å². The van der Waals surface area contributed by atoms with Gasteiger partial charge in [0, 0.05) is 17.1 Å². The van der Waals surface area contributed by atoms with Crippen LogP contribution in [0.4, 0.5) is 17.1 Å². The summed E-state index contributed by atoms with van der Waals surface area (Å²) in [6.45, 7) is 4.46. The smallest absolute Gasteiger partial charge is 0.0726 e. The second kappa shape index (κ2) is 12.4. The Labute approximate surface area is 339 Å². The molecule has 10 aromatic rings. The van der Waals surface area contributed by atoms with Crippen LogP contribution in [0.1, 0.15) is 33.4 Å². The van der Waals surface area contributed by atoms with Crippen molar-refractivity contribution < 1.29 is 0 Å². The van der Waals surface area contributed by atoms with E-state index in [1.165, 1.54) is 99.1 Å². The summed E-state index contributed by atoms with van der Waals surface area (Å²) in [5, 5.41) is 7.65. The zero-order chi connectivity index (χ0) is 38.5. The first-order valence-corrected chi connectivity index (χ1v) is 20.3. The highest BCUT2D eigenvalue weighted by atomic mass is 15.1. The molecule has 0 saturated carbocycles. The summed E-state index contributed by atoms with van der Waals surface area (Å²) >= 11 is 0. The van der Waals surface area contributed by atoms with Crippen LogP contribution < -0.4 is 4.90 Å². The van der Waals surface area contributed by atoms with Crippen LogP contribution in [0.15, 0.2) is 200 Å². The van der Waals surface area contributed by atoms with Gasteiger partial charge < -0.3 is 4.90 Å². The van der Waals surface area contributed by atoms with E-state index in [0.29, 0.717) is 0 Å². The van der Waals surface area contributed by atoms with Crippen molar-refractivity contribution in [1.82, 2.24) is 0 Å². The molecule has 0 N–H and O–H groups in total. The number of anilines is 3. The predicted molar refractivity (Wildman–Crippen MR) is 245 cm³/mol. The van der Waals surface area contributed by atoms with Crippen LogP contribution >= 0.6 is 0 Å². The second-order valence-electron chi connectivity index (χ2n) is 16.1. The quantitative estimate of drug-likeness (QED) is 0.163. The van der Waals surface area contributed by atoms with Crippen molar-refractivity contribution in [3.8, 4) is 33.4 Å². The van der Waals surface area contributed by atoms with Gasteiger partial charge in [-0.1, -0.05) is 164 Å². The molecule has 10 aromatic carbocycles. The molecule has 0 unspecified atom stereocenters. The molecule has 2 aliphatic carbocycles. The van der Waals surface area contributed by atoms with Crippen molar-refractivity contribution in [3.05, 3.63) is 234 Å². The molecule has 0 radical (unpaired) electrons. The molecule has 2 aliphatic rings. The molecule has 58 heavy (non-hydrogen) atoms. The summed E-state index contributed by atoms with van der Waals surface area (Å²) in [4.78, 5) is 2.49. The number of fused-ring (bicyclic) bond motifs is 16. The van der Waals surface area contributed by atoms with Gasteiger partial charge in [0.05, 0.1) is 5.41 Å². The summed E-state index contributed by atoms with van der Waals surface area (Å²) in [5.41, 5.74) is 18.7. The van der Waals surface area contributed by atoms with E-state index in [-0.39, 0.29) is 0 Å². The van der Waals surface area contributed by atoms with Crippen LogP contribution in [0.3, 0.4) is 0 Å². The van der Waals surface area contributed by atoms with E-state index in [1.54, 1.807) is 0 Å². The van der Waals surface area contributed by atoms with Gasteiger partial charge in [-0.2, -0.15) is 0 Å². The van der Waals surface area contributed by atoms with Crippen molar-refractivity contribution in [2.75, 3.05) is 4.90 Å². The van der Waals surface area contributed by atoms with E-state index in [2.05, 4.69) is 219 Å². The first kappa shape index (κ1) is 33.0. The average Bonchev–Trinajstić information content (AvgIpc) is 3.74. The topological polar surface area (TPSA) is 3.24 Å². The second-order valence-corrected chi connectivity index (χ2v) is 16.1. The molecule has 0 fully saturated rings. The molecular formula is C57H39N. The summed E-state index contributed by atoms with van der Waals surface area (Å²) in [6, 6.07) is 75.0. The fraction of sp³-hybridized carbons (Fsp3) is 0.0526. The minimum atomic E-state index is -0.427. The monoisotopic (exact) mass is 737 g/mol. The van der Waals surface area contributed by atoms with Crippen molar-refractivity contribution in [2.24, 2.45) is 0 Å². The zero-order valence-corrected chi connectivity index (χ0v) is 32.5. The Balaban J connectivity index is 1.14. The largest absolute Gasteiger partial charge is 0.310 e. The molecule has 1 heteroatoms. The number of nitrogens with zero attached hydrogens (tertiary/aromatic N) is 1. The predicted octanol–water partition coefficient (Wildman–Crippen LogP) is 15.2. The Morgan fingerprint density at radius 3 is 1.21 bits per heavy atom. The maximum atomic E-state index is 2.50. The van der Waals surface area contributed by atoms with E-state index in [1.807, 2.05) is 0 Å². The van der Waals surface area contributed by atoms with E-state index in [4.69, 9.17) is 0 Å². The summed E-state index contributed by atoms with van der Waals surface area (Å²) < 4.78 is 0. The number of aryl methyl sites for hydroxylation is 2. The van der Waals surface area contributed by atoms with Crippen LogP contribution in [-0.4, -0.2) is 0 Å². The summed E-state index contributed by atoms with van der Waals surface area (Å²) in [7, 11) is 0. The first-order valence-electron chi connectivity index (χ1n) is 20.3. The molecule has 0 aromatic heterocycles. The normalized spacial score (nSPS) is 13.1. The molecule has 12 rings (SSSR count). The summed E-state index contributed by atoms with van der Waals surface area (Å²) in [6.07, 6.45) is 0. The van der Waals surface area contributed by atoms with Gasteiger partial charge in [0.25, 0.3) is 0 Å². The van der Waals surface area contributed by atoms with Crippen molar-refractivity contribution in [1.29, 1.82) is 0 Å². The Bertz CT molecular complexity index is 3230. The van der Waals surface area contributed by atoms with Crippen molar-refractivity contribution in [3.63, 3.8) is 0 Å². The lowest BCUT2D eigenvalue weighted by Gasteiger charge is -2.32. The lowest BCUT2D eigenvalue weighted by atomic mass is 9.70. The molecule has 0 atom stereocenters. The Hall–Kier alpha value is -7.22. The molecule has 0 heterocycles. The third-order valence-electron chi connectivity index (χ3n) is 13.1. The number of rotatable bonds is 4. The van der Waals surface area contributed by atoms with E-state index < -0.39 is 5.41 Å². The van der Waals surface area contributed by atoms with Gasteiger partial charge in [-0.3, -0.25) is 0 Å². The van der Waals surface area contributed by atoms with Gasteiger partial charge in [0.15, 0.2) is 0 Å². The maximum Gasteiger partial charge on any atom is 0.0726 e. The van der Waals surface area contributed by atoms with E-state index >= 15 is 0 Å². The van der Waals surface area contributed by atoms with Gasteiger partial charge >= 0.3 is 0 Å². The van der Waals surface area contributed by atoms with Gasteiger partial charge in [-0.15, -0.1) is 0 Å². The molecular weight excluding hydrogens is 699 g/mol. The molecule has 1 nitrogen and oxygen atoms in total. The molecule has 0 saturated heterocycles. The zero-order valence-electron chi connectivity index (χ0n) is 32.5. The minimum absolute atomic E-state index is 0.427. The maximum absolute atomic E-state index is 2.50. The number of benzene rings is 10. The van der Waals surface area contributed by atoms with Crippen molar-refractivity contribution in [2.45, 2.75) is 19.3 Å². The molecule has 0 aliphatic heterocycles. The Morgan fingerprint density at radius 2 is 0.655 bits per heavy atom. The van der Waals surface area contributed by atoms with Crippen LogP contribution in [-0.2, 0) is 5.41 Å². The van der Waals surface area contributed by atoms with Crippen LogP contribution in [0.2, 0.25) is 0 Å². The molecule has 0 amide bonds. The highest BCUT2D eigenvalue weighted by Crippen LogP contribution is 2.63. The van der Waals surface area contributed by atoms with E-state index in [0.717, 1.165) is 17.1 Å². The Kier molecular flexibility index (Phi) is 7.04. The molecule has 0 bridgehead atoms. The summed E-state index contributed by atoms with van der Waals surface area (Å²) in [5.74, 6) is 0. The number of hydrogen-bond donors (Lipinski definition) is 0.